The van der Waals surface area contributed by atoms with Crippen LogP contribution >= 0.6 is 11.3 Å². The Morgan fingerprint density at radius 2 is 2.30 bits per heavy atom. The first-order valence-corrected chi connectivity index (χ1v) is 6.46. The van der Waals surface area contributed by atoms with Crippen molar-refractivity contribution < 1.29 is 14.8 Å². The van der Waals surface area contributed by atoms with Gasteiger partial charge in [-0.05, 0) is 19.1 Å². The SMILES string of the molecule is Cc1ncc(CNC(=O)c2cc(O)ccc2[N+](=O)[O-])s1. The predicted molar refractivity (Wildman–Crippen MR) is 72.8 cm³/mol. The number of carbonyl (C=O) groups excluding carboxylic acids is 1. The first-order valence-electron chi connectivity index (χ1n) is 5.64. The van der Waals surface area contributed by atoms with E-state index >= 15 is 0 Å². The van der Waals surface area contributed by atoms with E-state index in [1.807, 2.05) is 6.92 Å². The molecule has 0 saturated carbocycles. The summed E-state index contributed by atoms with van der Waals surface area (Å²) in [6, 6.07) is 3.34. The molecule has 0 aliphatic carbocycles. The highest BCUT2D eigenvalue weighted by molar-refractivity contribution is 7.11. The van der Waals surface area contributed by atoms with Gasteiger partial charge in [0.05, 0.1) is 16.5 Å². The van der Waals surface area contributed by atoms with Gasteiger partial charge in [0.2, 0.25) is 0 Å². The molecule has 2 aromatic rings. The number of aryl methyl sites for hydroxylation is 1. The number of hydrogen-bond donors (Lipinski definition) is 2. The summed E-state index contributed by atoms with van der Waals surface area (Å²) in [5, 5.41) is 23.6. The van der Waals surface area contributed by atoms with Crippen molar-refractivity contribution in [2.75, 3.05) is 0 Å². The number of aromatic nitrogens is 1. The highest BCUT2D eigenvalue weighted by atomic mass is 32.1. The molecule has 0 spiro atoms. The third-order valence-corrected chi connectivity index (χ3v) is 3.43. The number of nitro groups is 1. The number of phenols is 1. The monoisotopic (exact) mass is 293 g/mol. The zero-order valence-electron chi connectivity index (χ0n) is 10.5. The van der Waals surface area contributed by atoms with E-state index in [1.165, 1.54) is 17.4 Å². The average Bonchev–Trinajstić information content (AvgIpc) is 2.81. The van der Waals surface area contributed by atoms with Crippen molar-refractivity contribution in [3.8, 4) is 5.75 Å². The van der Waals surface area contributed by atoms with E-state index in [0.717, 1.165) is 22.0 Å². The largest absolute Gasteiger partial charge is 0.508 e. The van der Waals surface area contributed by atoms with Crippen molar-refractivity contribution in [2.24, 2.45) is 0 Å². The van der Waals surface area contributed by atoms with E-state index in [9.17, 15) is 20.0 Å². The van der Waals surface area contributed by atoms with Gasteiger partial charge in [-0.25, -0.2) is 4.98 Å². The zero-order chi connectivity index (χ0) is 14.7. The van der Waals surface area contributed by atoms with Gasteiger partial charge in [-0.3, -0.25) is 14.9 Å². The van der Waals surface area contributed by atoms with E-state index in [1.54, 1.807) is 6.20 Å². The Bertz CT molecular complexity index is 668. The molecule has 0 bridgehead atoms. The number of thiazole rings is 1. The van der Waals surface area contributed by atoms with Gasteiger partial charge in [0, 0.05) is 17.1 Å². The summed E-state index contributed by atoms with van der Waals surface area (Å²) in [6.45, 7) is 2.08. The summed E-state index contributed by atoms with van der Waals surface area (Å²) in [7, 11) is 0. The summed E-state index contributed by atoms with van der Waals surface area (Å²) in [5.41, 5.74) is -0.517. The molecule has 20 heavy (non-hydrogen) atoms. The Hall–Kier alpha value is -2.48. The molecule has 0 aliphatic heterocycles. The molecule has 1 aromatic carbocycles. The number of carbonyl (C=O) groups is 1. The maximum atomic E-state index is 12.0. The van der Waals surface area contributed by atoms with Crippen LogP contribution in [0.5, 0.6) is 5.75 Å². The number of rotatable bonds is 4. The molecule has 0 aliphatic rings. The van der Waals surface area contributed by atoms with Crippen LogP contribution in [0.4, 0.5) is 5.69 Å². The summed E-state index contributed by atoms with van der Waals surface area (Å²) >= 11 is 1.43. The molecule has 1 amide bonds. The first kappa shape index (κ1) is 13.9. The van der Waals surface area contributed by atoms with Crippen LogP contribution in [-0.4, -0.2) is 20.9 Å². The molecule has 7 nitrogen and oxygen atoms in total. The molecule has 2 N–H and O–H groups in total. The Balaban J connectivity index is 2.16. The summed E-state index contributed by atoms with van der Waals surface area (Å²) in [4.78, 5) is 27.0. The van der Waals surface area contributed by atoms with E-state index in [-0.39, 0.29) is 23.5 Å². The molecule has 0 saturated heterocycles. The van der Waals surface area contributed by atoms with Crippen LogP contribution in [0.1, 0.15) is 20.2 Å². The number of aromatic hydroxyl groups is 1. The standard InChI is InChI=1S/C12H11N3O4S/c1-7-13-5-9(20-7)6-14-12(17)10-4-8(16)2-3-11(10)15(18)19/h2-5,16H,6H2,1H3,(H,14,17). The number of nitro benzene ring substituents is 1. The molecule has 0 radical (unpaired) electrons. The average molecular weight is 293 g/mol. The minimum atomic E-state index is -0.662. The van der Waals surface area contributed by atoms with Crippen LogP contribution < -0.4 is 5.32 Å². The van der Waals surface area contributed by atoms with Crippen LogP contribution in [0.3, 0.4) is 0 Å². The molecule has 1 heterocycles. The quantitative estimate of drug-likeness (QED) is 0.662. The van der Waals surface area contributed by atoms with E-state index < -0.39 is 10.8 Å². The highest BCUT2D eigenvalue weighted by Gasteiger charge is 2.20. The van der Waals surface area contributed by atoms with Gasteiger partial charge in [-0.1, -0.05) is 0 Å². The van der Waals surface area contributed by atoms with Crippen molar-refractivity contribution in [3.63, 3.8) is 0 Å². The fourth-order valence-corrected chi connectivity index (χ4v) is 2.35. The van der Waals surface area contributed by atoms with Crippen molar-refractivity contribution in [1.82, 2.24) is 10.3 Å². The Kier molecular flexibility index (Phi) is 3.94. The number of nitrogens with zero attached hydrogens (tertiary/aromatic N) is 2. The van der Waals surface area contributed by atoms with Gasteiger partial charge in [-0.2, -0.15) is 0 Å². The lowest BCUT2D eigenvalue weighted by Gasteiger charge is -2.05. The number of benzene rings is 1. The second-order valence-corrected chi connectivity index (χ2v) is 5.31. The van der Waals surface area contributed by atoms with Gasteiger partial charge in [-0.15, -0.1) is 11.3 Å². The van der Waals surface area contributed by atoms with Crippen molar-refractivity contribution >= 4 is 22.9 Å². The van der Waals surface area contributed by atoms with Crippen LogP contribution in [0, 0.1) is 17.0 Å². The molecule has 104 valence electrons. The van der Waals surface area contributed by atoms with E-state index in [0.29, 0.717) is 0 Å². The van der Waals surface area contributed by atoms with Crippen LogP contribution in [0.25, 0.3) is 0 Å². The summed E-state index contributed by atoms with van der Waals surface area (Å²) in [5.74, 6) is -0.812. The molecule has 1 aromatic heterocycles. The Morgan fingerprint density at radius 3 is 2.90 bits per heavy atom. The normalized spacial score (nSPS) is 10.2. The van der Waals surface area contributed by atoms with Gasteiger partial charge in [0.1, 0.15) is 11.3 Å². The lowest BCUT2D eigenvalue weighted by Crippen LogP contribution is -2.23. The van der Waals surface area contributed by atoms with Gasteiger partial charge < -0.3 is 10.4 Å². The van der Waals surface area contributed by atoms with Gasteiger partial charge in [0.25, 0.3) is 11.6 Å². The van der Waals surface area contributed by atoms with E-state index in [2.05, 4.69) is 10.3 Å². The maximum Gasteiger partial charge on any atom is 0.282 e. The minimum absolute atomic E-state index is 0.170. The number of nitrogens with one attached hydrogen (secondary N) is 1. The molecule has 0 atom stereocenters. The highest BCUT2D eigenvalue weighted by Crippen LogP contribution is 2.23. The lowest BCUT2D eigenvalue weighted by atomic mass is 10.1. The molecule has 0 fully saturated rings. The predicted octanol–water partition coefficient (Wildman–Crippen LogP) is 2.00. The summed E-state index contributed by atoms with van der Waals surface area (Å²) in [6.07, 6.45) is 1.64. The maximum absolute atomic E-state index is 12.0. The van der Waals surface area contributed by atoms with Gasteiger partial charge in [0.15, 0.2) is 0 Å². The van der Waals surface area contributed by atoms with Crippen LogP contribution in [0.2, 0.25) is 0 Å². The Labute approximate surface area is 118 Å². The summed E-state index contributed by atoms with van der Waals surface area (Å²) < 4.78 is 0. The number of hydrogen-bond acceptors (Lipinski definition) is 6. The number of phenolic OH excluding ortho intramolecular Hbond substituents is 1. The van der Waals surface area contributed by atoms with Crippen molar-refractivity contribution in [1.29, 1.82) is 0 Å². The third-order valence-electron chi connectivity index (χ3n) is 2.51. The first-order chi connectivity index (χ1) is 9.47. The molecular weight excluding hydrogens is 282 g/mol. The molecule has 0 unspecified atom stereocenters. The second-order valence-electron chi connectivity index (χ2n) is 3.99. The lowest BCUT2D eigenvalue weighted by molar-refractivity contribution is -0.385. The third kappa shape index (κ3) is 3.09. The Morgan fingerprint density at radius 1 is 1.55 bits per heavy atom. The fourth-order valence-electron chi connectivity index (χ4n) is 1.61. The minimum Gasteiger partial charge on any atom is -0.508 e. The van der Waals surface area contributed by atoms with Crippen LogP contribution in [-0.2, 0) is 6.54 Å². The number of amides is 1. The molecular formula is C12H11N3O4S. The topological polar surface area (TPSA) is 105 Å². The molecule has 2 rings (SSSR count). The molecule has 8 heteroatoms. The smallest absolute Gasteiger partial charge is 0.282 e. The van der Waals surface area contributed by atoms with Gasteiger partial charge >= 0.3 is 0 Å². The fraction of sp³-hybridized carbons (Fsp3) is 0.167. The van der Waals surface area contributed by atoms with Crippen LogP contribution in [0.15, 0.2) is 24.4 Å². The van der Waals surface area contributed by atoms with Crippen molar-refractivity contribution in [3.05, 3.63) is 50.0 Å². The van der Waals surface area contributed by atoms with E-state index in [4.69, 9.17) is 0 Å². The van der Waals surface area contributed by atoms with Crippen molar-refractivity contribution in [2.45, 2.75) is 13.5 Å². The zero-order valence-corrected chi connectivity index (χ0v) is 11.3. The second kappa shape index (κ2) is 5.66.